The van der Waals surface area contributed by atoms with E-state index in [0.29, 0.717) is 22.5 Å². The fourth-order valence-electron chi connectivity index (χ4n) is 2.45. The van der Waals surface area contributed by atoms with Crippen LogP contribution < -0.4 is 5.32 Å². The number of anilines is 1. The van der Waals surface area contributed by atoms with Gasteiger partial charge in [-0.25, -0.2) is 0 Å². The first-order chi connectivity index (χ1) is 13.4. The molecule has 10 heteroatoms. The lowest BCUT2D eigenvalue weighted by Crippen LogP contribution is -2.36. The summed E-state index contributed by atoms with van der Waals surface area (Å²) in [6, 6.07) is 12.4. The van der Waals surface area contributed by atoms with Crippen molar-refractivity contribution in [1.82, 2.24) is 4.90 Å². The standard InChI is InChI=1S/C18H12ClN3O5S/c19-12-6-2-3-7-13(12)20-16(23)10-21-17(24)15(28-18(21)25)9-11-5-1-4-8-14(11)22(26)27/h1-9H,10H2,(H,20,23)/b15-9+. The first-order valence-corrected chi connectivity index (χ1v) is 9.09. The maximum absolute atomic E-state index is 12.5. The Labute approximate surface area is 168 Å². The van der Waals surface area contributed by atoms with Crippen LogP contribution in [0.15, 0.2) is 53.4 Å². The van der Waals surface area contributed by atoms with Crippen LogP contribution in [0.2, 0.25) is 5.02 Å². The largest absolute Gasteiger partial charge is 0.323 e. The molecule has 3 amide bonds. The van der Waals surface area contributed by atoms with Gasteiger partial charge in [0.2, 0.25) is 5.91 Å². The smallest absolute Gasteiger partial charge is 0.294 e. The number of rotatable bonds is 5. The molecule has 0 aliphatic carbocycles. The number of nitrogens with zero attached hydrogens (tertiary/aromatic N) is 2. The number of benzene rings is 2. The maximum atomic E-state index is 12.5. The molecule has 1 saturated heterocycles. The van der Waals surface area contributed by atoms with E-state index in [4.69, 9.17) is 11.6 Å². The van der Waals surface area contributed by atoms with Crippen molar-refractivity contribution in [2.45, 2.75) is 0 Å². The Hall–Kier alpha value is -3.17. The van der Waals surface area contributed by atoms with Gasteiger partial charge in [0.25, 0.3) is 16.8 Å². The van der Waals surface area contributed by atoms with Crippen molar-refractivity contribution in [3.8, 4) is 0 Å². The van der Waals surface area contributed by atoms with Gasteiger partial charge in [0, 0.05) is 6.07 Å². The van der Waals surface area contributed by atoms with Gasteiger partial charge in [0.15, 0.2) is 0 Å². The highest BCUT2D eigenvalue weighted by Crippen LogP contribution is 2.33. The van der Waals surface area contributed by atoms with Crippen LogP contribution in [0.5, 0.6) is 0 Å². The molecule has 3 rings (SSSR count). The summed E-state index contributed by atoms with van der Waals surface area (Å²) < 4.78 is 0. The number of nitro benzene ring substituents is 1. The summed E-state index contributed by atoms with van der Waals surface area (Å²) in [4.78, 5) is 48.1. The van der Waals surface area contributed by atoms with Crippen LogP contribution in [0.25, 0.3) is 6.08 Å². The first-order valence-electron chi connectivity index (χ1n) is 7.90. The molecule has 1 heterocycles. The van der Waals surface area contributed by atoms with Crippen molar-refractivity contribution in [2.24, 2.45) is 0 Å². The summed E-state index contributed by atoms with van der Waals surface area (Å²) in [7, 11) is 0. The molecule has 0 unspecified atom stereocenters. The lowest BCUT2D eigenvalue weighted by molar-refractivity contribution is -0.385. The number of nitrogens with one attached hydrogen (secondary N) is 1. The molecule has 8 nitrogen and oxygen atoms in total. The predicted molar refractivity (Wildman–Crippen MR) is 106 cm³/mol. The summed E-state index contributed by atoms with van der Waals surface area (Å²) in [6.45, 7) is -0.496. The number of para-hydroxylation sites is 2. The number of hydrogen-bond donors (Lipinski definition) is 1. The molecule has 2 aromatic rings. The highest BCUT2D eigenvalue weighted by Gasteiger charge is 2.36. The van der Waals surface area contributed by atoms with Crippen LogP contribution in [-0.2, 0) is 9.59 Å². The van der Waals surface area contributed by atoms with Gasteiger partial charge in [0.1, 0.15) is 6.54 Å². The Morgan fingerprint density at radius 2 is 1.86 bits per heavy atom. The summed E-state index contributed by atoms with van der Waals surface area (Å²) in [5.41, 5.74) is 0.362. The molecule has 2 aromatic carbocycles. The van der Waals surface area contributed by atoms with Crippen molar-refractivity contribution in [3.63, 3.8) is 0 Å². The second-order valence-corrected chi connectivity index (χ2v) is 7.01. The van der Waals surface area contributed by atoms with Crippen LogP contribution in [0.4, 0.5) is 16.2 Å². The molecule has 1 aliphatic heterocycles. The molecule has 0 bridgehead atoms. The number of thioether (sulfide) groups is 1. The maximum Gasteiger partial charge on any atom is 0.294 e. The summed E-state index contributed by atoms with van der Waals surface area (Å²) in [5.74, 6) is -1.29. The SMILES string of the molecule is O=C(CN1C(=O)S/C(=C/c2ccccc2[N+](=O)[O-])C1=O)Nc1ccccc1Cl. The van der Waals surface area contributed by atoms with Gasteiger partial charge >= 0.3 is 0 Å². The number of nitro groups is 1. The molecule has 28 heavy (non-hydrogen) atoms. The number of hydrogen-bond acceptors (Lipinski definition) is 6. The molecule has 0 saturated carbocycles. The average Bonchev–Trinajstić information content (AvgIpc) is 2.91. The number of amides is 3. The van der Waals surface area contributed by atoms with Crippen molar-refractivity contribution >= 4 is 57.9 Å². The Bertz CT molecular complexity index is 1020. The van der Waals surface area contributed by atoms with Gasteiger partial charge in [-0.3, -0.25) is 29.4 Å². The van der Waals surface area contributed by atoms with Crippen molar-refractivity contribution in [3.05, 3.63) is 74.1 Å². The minimum Gasteiger partial charge on any atom is -0.323 e. The van der Waals surface area contributed by atoms with E-state index in [1.807, 2.05) is 0 Å². The van der Waals surface area contributed by atoms with E-state index in [0.717, 1.165) is 4.90 Å². The highest BCUT2D eigenvalue weighted by atomic mass is 35.5. The van der Waals surface area contributed by atoms with Crippen LogP contribution in [-0.4, -0.2) is 33.4 Å². The number of halogens is 1. The molecular weight excluding hydrogens is 406 g/mol. The average molecular weight is 418 g/mol. The summed E-state index contributed by atoms with van der Waals surface area (Å²) in [5, 5.41) is 13.3. The lowest BCUT2D eigenvalue weighted by Gasteiger charge is -2.13. The van der Waals surface area contributed by atoms with Crippen LogP contribution in [0.1, 0.15) is 5.56 Å². The zero-order chi connectivity index (χ0) is 20.3. The minimum absolute atomic E-state index is 0.00448. The third-order valence-corrected chi connectivity index (χ3v) is 4.98. The first kappa shape index (κ1) is 19.6. The monoisotopic (exact) mass is 417 g/mol. The van der Waals surface area contributed by atoms with Gasteiger partial charge in [-0.05, 0) is 36.0 Å². The van der Waals surface area contributed by atoms with E-state index in [9.17, 15) is 24.5 Å². The van der Waals surface area contributed by atoms with Crippen molar-refractivity contribution < 1.29 is 19.3 Å². The topological polar surface area (TPSA) is 110 Å². The Morgan fingerprint density at radius 1 is 1.18 bits per heavy atom. The van der Waals surface area contributed by atoms with Gasteiger partial charge in [0.05, 0.1) is 26.1 Å². The number of imide groups is 1. The van der Waals surface area contributed by atoms with Crippen molar-refractivity contribution in [2.75, 3.05) is 11.9 Å². The van der Waals surface area contributed by atoms with E-state index >= 15 is 0 Å². The van der Waals surface area contributed by atoms with Crippen molar-refractivity contribution in [1.29, 1.82) is 0 Å². The van der Waals surface area contributed by atoms with Crippen LogP contribution in [0, 0.1) is 10.1 Å². The van der Waals surface area contributed by atoms with E-state index < -0.39 is 28.5 Å². The van der Waals surface area contributed by atoms with E-state index in [2.05, 4.69) is 5.32 Å². The third kappa shape index (κ3) is 4.21. The fraction of sp³-hybridized carbons (Fsp3) is 0.0556. The Morgan fingerprint density at radius 3 is 2.57 bits per heavy atom. The molecule has 0 atom stereocenters. The quantitative estimate of drug-likeness (QED) is 0.448. The molecular formula is C18H12ClN3O5S. The van der Waals surface area contributed by atoms with Gasteiger partial charge in [-0.1, -0.05) is 35.9 Å². The molecule has 1 N–H and O–H groups in total. The lowest BCUT2D eigenvalue weighted by atomic mass is 10.1. The van der Waals surface area contributed by atoms with Crippen LogP contribution in [0.3, 0.4) is 0 Å². The van der Waals surface area contributed by atoms with Gasteiger partial charge < -0.3 is 5.32 Å². The molecule has 142 valence electrons. The third-order valence-electron chi connectivity index (χ3n) is 3.74. The summed E-state index contributed by atoms with van der Waals surface area (Å²) >= 11 is 6.58. The summed E-state index contributed by atoms with van der Waals surface area (Å²) in [6.07, 6.45) is 1.27. The van der Waals surface area contributed by atoms with E-state index in [1.165, 1.54) is 24.3 Å². The van der Waals surface area contributed by atoms with Crippen LogP contribution >= 0.6 is 23.4 Å². The zero-order valence-electron chi connectivity index (χ0n) is 14.1. The highest BCUT2D eigenvalue weighted by molar-refractivity contribution is 8.18. The van der Waals surface area contributed by atoms with E-state index in [1.54, 1.807) is 30.3 Å². The molecule has 1 fully saturated rings. The molecule has 1 aliphatic rings. The van der Waals surface area contributed by atoms with E-state index in [-0.39, 0.29) is 16.2 Å². The number of carbonyl (C=O) groups excluding carboxylic acids is 3. The second-order valence-electron chi connectivity index (χ2n) is 5.61. The zero-order valence-corrected chi connectivity index (χ0v) is 15.7. The molecule has 0 radical (unpaired) electrons. The second kappa shape index (κ2) is 8.24. The fourth-order valence-corrected chi connectivity index (χ4v) is 3.46. The minimum atomic E-state index is -0.692. The molecule has 0 spiro atoms. The Kier molecular flexibility index (Phi) is 5.76. The Balaban J connectivity index is 1.76. The normalized spacial score (nSPS) is 15.2. The van der Waals surface area contributed by atoms with Gasteiger partial charge in [-0.2, -0.15) is 0 Å². The predicted octanol–water partition coefficient (Wildman–Crippen LogP) is 3.92. The molecule has 0 aromatic heterocycles. The van der Waals surface area contributed by atoms with Gasteiger partial charge in [-0.15, -0.1) is 0 Å². The number of carbonyl (C=O) groups is 3.